The van der Waals surface area contributed by atoms with E-state index in [-0.39, 0.29) is 12.1 Å². The summed E-state index contributed by atoms with van der Waals surface area (Å²) in [4.78, 5) is 29.6. The molecule has 136 valence electrons. The fraction of sp³-hybridized carbons (Fsp3) is 0.364. The second-order valence-corrected chi connectivity index (χ2v) is 7.05. The summed E-state index contributed by atoms with van der Waals surface area (Å²) in [6.07, 6.45) is 3.01. The number of carbonyl (C=O) groups is 2. The van der Waals surface area contributed by atoms with Gasteiger partial charge in [0.2, 0.25) is 0 Å². The highest BCUT2D eigenvalue weighted by Crippen LogP contribution is 2.24. The molecule has 0 N–H and O–H groups in total. The summed E-state index contributed by atoms with van der Waals surface area (Å²) in [6, 6.07) is 19.4. The van der Waals surface area contributed by atoms with Crippen molar-refractivity contribution in [2.45, 2.75) is 51.7 Å². The number of benzene rings is 2. The SMILES string of the molecule is CC1CCCC(C)N1C(=O)C(=O)N(Cc1ccccc1)c1ccccc1. The quantitative estimate of drug-likeness (QED) is 0.785. The molecule has 2 unspecified atom stereocenters. The van der Waals surface area contributed by atoms with Crippen molar-refractivity contribution in [2.24, 2.45) is 0 Å². The Labute approximate surface area is 155 Å². The summed E-state index contributed by atoms with van der Waals surface area (Å²) in [5, 5.41) is 0. The Balaban J connectivity index is 1.88. The van der Waals surface area contributed by atoms with Gasteiger partial charge in [-0.1, -0.05) is 48.5 Å². The molecule has 4 nitrogen and oxygen atoms in total. The minimum Gasteiger partial charge on any atom is -0.329 e. The molecule has 2 amide bonds. The summed E-state index contributed by atoms with van der Waals surface area (Å²) in [7, 11) is 0. The second-order valence-electron chi connectivity index (χ2n) is 7.05. The molecule has 0 saturated carbocycles. The lowest BCUT2D eigenvalue weighted by Gasteiger charge is -2.39. The normalized spacial score (nSPS) is 19.8. The van der Waals surface area contributed by atoms with Crippen LogP contribution in [0.4, 0.5) is 5.69 Å². The monoisotopic (exact) mass is 350 g/mol. The number of nitrogens with zero attached hydrogens (tertiary/aromatic N) is 2. The molecule has 26 heavy (non-hydrogen) atoms. The number of anilines is 1. The van der Waals surface area contributed by atoms with Gasteiger partial charge in [-0.3, -0.25) is 14.5 Å². The van der Waals surface area contributed by atoms with E-state index >= 15 is 0 Å². The number of para-hydroxylation sites is 1. The van der Waals surface area contributed by atoms with Gasteiger partial charge in [-0.25, -0.2) is 0 Å². The van der Waals surface area contributed by atoms with Crippen molar-refractivity contribution < 1.29 is 9.59 Å². The lowest BCUT2D eigenvalue weighted by atomic mass is 9.97. The Kier molecular flexibility index (Phi) is 5.71. The van der Waals surface area contributed by atoms with Crippen molar-refractivity contribution in [3.05, 3.63) is 66.2 Å². The van der Waals surface area contributed by atoms with Crippen molar-refractivity contribution in [1.29, 1.82) is 0 Å². The first-order chi connectivity index (χ1) is 12.6. The van der Waals surface area contributed by atoms with E-state index in [2.05, 4.69) is 0 Å². The first-order valence-electron chi connectivity index (χ1n) is 9.31. The number of piperidine rings is 1. The third-order valence-corrected chi connectivity index (χ3v) is 5.11. The van der Waals surface area contributed by atoms with Crippen molar-refractivity contribution in [1.82, 2.24) is 4.90 Å². The topological polar surface area (TPSA) is 40.6 Å². The van der Waals surface area contributed by atoms with Gasteiger partial charge < -0.3 is 4.90 Å². The third-order valence-electron chi connectivity index (χ3n) is 5.11. The highest BCUT2D eigenvalue weighted by molar-refractivity contribution is 6.40. The third kappa shape index (κ3) is 3.96. The van der Waals surface area contributed by atoms with Gasteiger partial charge in [0.05, 0.1) is 6.54 Å². The van der Waals surface area contributed by atoms with Crippen LogP contribution in [0.1, 0.15) is 38.7 Å². The zero-order valence-electron chi connectivity index (χ0n) is 15.5. The highest BCUT2D eigenvalue weighted by atomic mass is 16.2. The number of likely N-dealkylation sites (tertiary alicyclic amines) is 1. The molecule has 2 aromatic rings. The summed E-state index contributed by atoms with van der Waals surface area (Å²) < 4.78 is 0. The minimum absolute atomic E-state index is 0.101. The summed E-state index contributed by atoms with van der Waals surface area (Å²) in [5.74, 6) is -0.856. The van der Waals surface area contributed by atoms with Crippen molar-refractivity contribution in [3.63, 3.8) is 0 Å². The van der Waals surface area contributed by atoms with E-state index in [4.69, 9.17) is 0 Å². The van der Waals surface area contributed by atoms with Crippen LogP contribution in [0.2, 0.25) is 0 Å². The zero-order valence-corrected chi connectivity index (χ0v) is 15.5. The maximum atomic E-state index is 13.2. The van der Waals surface area contributed by atoms with Crippen molar-refractivity contribution in [3.8, 4) is 0 Å². The summed E-state index contributed by atoms with van der Waals surface area (Å²) in [5.41, 5.74) is 1.74. The van der Waals surface area contributed by atoms with Gasteiger partial charge in [0.1, 0.15) is 0 Å². The molecule has 1 aliphatic rings. The fourth-order valence-corrected chi connectivity index (χ4v) is 3.70. The summed E-state index contributed by atoms with van der Waals surface area (Å²) >= 11 is 0. The second kappa shape index (κ2) is 8.17. The van der Waals surface area contributed by atoms with E-state index < -0.39 is 11.8 Å². The largest absolute Gasteiger partial charge is 0.329 e. The first kappa shape index (κ1) is 18.2. The molecule has 0 aromatic heterocycles. The predicted molar refractivity (Wildman–Crippen MR) is 104 cm³/mol. The molecule has 1 saturated heterocycles. The molecular weight excluding hydrogens is 324 g/mol. The van der Waals surface area contributed by atoms with Gasteiger partial charge in [0.25, 0.3) is 0 Å². The zero-order chi connectivity index (χ0) is 18.5. The van der Waals surface area contributed by atoms with Crippen molar-refractivity contribution >= 4 is 17.5 Å². The van der Waals surface area contributed by atoms with E-state index in [1.807, 2.05) is 74.5 Å². The molecule has 0 spiro atoms. The van der Waals surface area contributed by atoms with Crippen LogP contribution in [0.3, 0.4) is 0 Å². The molecule has 0 aliphatic carbocycles. The molecule has 4 heteroatoms. The van der Waals surface area contributed by atoms with E-state index in [0.717, 1.165) is 30.5 Å². The van der Waals surface area contributed by atoms with Gasteiger partial charge in [0, 0.05) is 17.8 Å². The fourth-order valence-electron chi connectivity index (χ4n) is 3.70. The Morgan fingerprint density at radius 2 is 1.46 bits per heavy atom. The maximum absolute atomic E-state index is 13.2. The van der Waals surface area contributed by atoms with Crippen LogP contribution in [0.5, 0.6) is 0 Å². The molecule has 0 bridgehead atoms. The number of carbonyl (C=O) groups excluding carboxylic acids is 2. The molecule has 1 fully saturated rings. The molecule has 1 heterocycles. The summed E-state index contributed by atoms with van der Waals surface area (Å²) in [6.45, 7) is 4.45. The smallest absolute Gasteiger partial charge is 0.316 e. The molecular formula is C22H26N2O2. The van der Waals surface area contributed by atoms with Crippen LogP contribution >= 0.6 is 0 Å². The van der Waals surface area contributed by atoms with Gasteiger partial charge in [-0.2, -0.15) is 0 Å². The van der Waals surface area contributed by atoms with E-state index in [1.165, 1.54) is 0 Å². The first-order valence-corrected chi connectivity index (χ1v) is 9.31. The minimum atomic E-state index is -0.458. The average molecular weight is 350 g/mol. The predicted octanol–water partition coefficient (Wildman–Crippen LogP) is 4.01. The van der Waals surface area contributed by atoms with Crippen LogP contribution in [-0.4, -0.2) is 28.8 Å². The Hall–Kier alpha value is -2.62. The van der Waals surface area contributed by atoms with E-state index in [9.17, 15) is 9.59 Å². The van der Waals surface area contributed by atoms with Crippen molar-refractivity contribution in [2.75, 3.05) is 4.90 Å². The van der Waals surface area contributed by atoms with E-state index in [1.54, 1.807) is 9.80 Å². The molecule has 0 radical (unpaired) electrons. The lowest BCUT2D eigenvalue weighted by Crippen LogP contribution is -2.53. The van der Waals surface area contributed by atoms with Crippen LogP contribution in [-0.2, 0) is 16.1 Å². The standard InChI is InChI=1S/C22H26N2O2/c1-17-10-9-11-18(2)24(17)22(26)21(25)23(20-14-7-4-8-15-20)16-19-12-5-3-6-13-19/h3-8,12-15,17-18H,9-11,16H2,1-2H3. The Morgan fingerprint density at radius 3 is 2.04 bits per heavy atom. The molecule has 2 atom stereocenters. The number of rotatable bonds is 3. The number of hydrogen-bond donors (Lipinski definition) is 0. The van der Waals surface area contributed by atoms with Gasteiger partial charge in [-0.15, -0.1) is 0 Å². The van der Waals surface area contributed by atoms with Gasteiger partial charge >= 0.3 is 11.8 Å². The molecule has 1 aliphatic heterocycles. The Morgan fingerprint density at radius 1 is 0.923 bits per heavy atom. The van der Waals surface area contributed by atoms with Crippen LogP contribution < -0.4 is 4.90 Å². The lowest BCUT2D eigenvalue weighted by molar-refractivity contribution is -0.148. The maximum Gasteiger partial charge on any atom is 0.316 e. The van der Waals surface area contributed by atoms with Gasteiger partial charge in [0.15, 0.2) is 0 Å². The van der Waals surface area contributed by atoms with Crippen LogP contribution in [0.25, 0.3) is 0 Å². The number of amides is 2. The molecule has 3 rings (SSSR count). The van der Waals surface area contributed by atoms with Crippen LogP contribution in [0, 0.1) is 0 Å². The molecule has 2 aromatic carbocycles. The Bertz CT molecular complexity index is 735. The highest BCUT2D eigenvalue weighted by Gasteiger charge is 2.35. The van der Waals surface area contributed by atoms with Crippen LogP contribution in [0.15, 0.2) is 60.7 Å². The van der Waals surface area contributed by atoms with Gasteiger partial charge in [-0.05, 0) is 50.8 Å². The number of hydrogen-bond acceptors (Lipinski definition) is 2. The van der Waals surface area contributed by atoms with E-state index in [0.29, 0.717) is 6.54 Å². The average Bonchev–Trinajstić information content (AvgIpc) is 2.67.